The molecule has 1 aliphatic rings. The standard InChI is InChI=1S/C35H44N2O5/c1-25-34(38)36(2)30(35(39)37(25)21-13-8-6-7-10-14-26-15-11-9-12-16-26)22-27-17-19-28(20-18-27)29-23-31(40-3)33(42-5)32(24-29)41-4/h9,11-12,15-20,23-25,30H,6-8,10,13-14,21-22H2,1-5H3/t25-,30-/m0/s1. The largest absolute Gasteiger partial charge is 0.493 e. The number of unbranched alkanes of at least 4 members (excludes halogenated alkanes) is 4. The van der Waals surface area contributed by atoms with Gasteiger partial charge in [-0.1, -0.05) is 73.9 Å². The van der Waals surface area contributed by atoms with Gasteiger partial charge in [0.05, 0.1) is 21.3 Å². The number of amides is 2. The number of benzene rings is 3. The van der Waals surface area contributed by atoms with E-state index in [1.165, 1.54) is 18.4 Å². The van der Waals surface area contributed by atoms with Gasteiger partial charge in [0.1, 0.15) is 12.1 Å². The summed E-state index contributed by atoms with van der Waals surface area (Å²) in [6, 6.07) is 21.5. The van der Waals surface area contributed by atoms with Crippen molar-refractivity contribution in [1.29, 1.82) is 0 Å². The molecule has 7 nitrogen and oxygen atoms in total. The minimum Gasteiger partial charge on any atom is -0.493 e. The summed E-state index contributed by atoms with van der Waals surface area (Å²) in [5.74, 6) is 1.75. The van der Waals surface area contributed by atoms with Gasteiger partial charge < -0.3 is 24.0 Å². The van der Waals surface area contributed by atoms with Crippen molar-refractivity contribution >= 4 is 11.8 Å². The third-order valence-electron chi connectivity index (χ3n) is 8.30. The van der Waals surface area contributed by atoms with Crippen molar-refractivity contribution < 1.29 is 23.8 Å². The van der Waals surface area contributed by atoms with Crippen molar-refractivity contribution in [1.82, 2.24) is 9.80 Å². The highest BCUT2D eigenvalue weighted by Gasteiger charge is 2.41. The Morgan fingerprint density at radius 2 is 1.31 bits per heavy atom. The first-order valence-corrected chi connectivity index (χ1v) is 14.9. The lowest BCUT2D eigenvalue weighted by Gasteiger charge is -2.42. The van der Waals surface area contributed by atoms with Gasteiger partial charge in [-0.05, 0) is 60.6 Å². The second-order valence-electron chi connectivity index (χ2n) is 11.0. The zero-order valence-corrected chi connectivity index (χ0v) is 25.6. The molecule has 42 heavy (non-hydrogen) atoms. The fraction of sp³-hybridized carbons (Fsp3) is 0.429. The molecule has 1 heterocycles. The molecule has 0 bridgehead atoms. The van der Waals surface area contributed by atoms with E-state index >= 15 is 0 Å². The SMILES string of the molecule is COc1cc(-c2ccc(C[C@H]3C(=O)N(CCCCCCCc4ccccc4)[C@@H](C)C(=O)N3C)cc2)cc(OC)c1OC. The normalized spacial score (nSPS) is 17.0. The van der Waals surface area contributed by atoms with Gasteiger partial charge in [0, 0.05) is 20.0 Å². The van der Waals surface area contributed by atoms with Gasteiger partial charge in [0.25, 0.3) is 0 Å². The molecule has 2 atom stereocenters. The summed E-state index contributed by atoms with van der Waals surface area (Å²) in [7, 11) is 6.52. The quantitative estimate of drug-likeness (QED) is 0.216. The summed E-state index contributed by atoms with van der Waals surface area (Å²) in [4.78, 5) is 30.1. The van der Waals surface area contributed by atoms with E-state index in [1.807, 2.05) is 43.3 Å². The topological polar surface area (TPSA) is 68.3 Å². The van der Waals surface area contributed by atoms with Crippen LogP contribution in [0.5, 0.6) is 17.2 Å². The summed E-state index contributed by atoms with van der Waals surface area (Å²) in [6.07, 6.45) is 7.03. The molecule has 0 saturated carbocycles. The van der Waals surface area contributed by atoms with Crippen LogP contribution in [0.2, 0.25) is 0 Å². The molecule has 1 fully saturated rings. The van der Waals surface area contributed by atoms with Crippen LogP contribution in [-0.2, 0) is 22.4 Å². The fourth-order valence-electron chi connectivity index (χ4n) is 5.75. The average molecular weight is 573 g/mol. The molecular weight excluding hydrogens is 528 g/mol. The van der Waals surface area contributed by atoms with Gasteiger partial charge >= 0.3 is 0 Å². The molecule has 0 N–H and O–H groups in total. The minimum atomic E-state index is -0.508. The van der Waals surface area contributed by atoms with Crippen LogP contribution in [-0.4, -0.2) is 68.6 Å². The molecule has 4 rings (SSSR count). The lowest BCUT2D eigenvalue weighted by Crippen LogP contribution is -2.63. The van der Waals surface area contributed by atoms with Gasteiger partial charge in [-0.15, -0.1) is 0 Å². The number of ether oxygens (including phenoxy) is 3. The second kappa shape index (κ2) is 14.8. The zero-order chi connectivity index (χ0) is 30.1. The van der Waals surface area contributed by atoms with Crippen LogP contribution in [0.25, 0.3) is 11.1 Å². The maximum absolute atomic E-state index is 13.6. The van der Waals surface area contributed by atoms with Crippen LogP contribution in [0, 0.1) is 0 Å². The Kier molecular flexibility index (Phi) is 10.9. The Labute approximate surface area is 250 Å². The first kappa shape index (κ1) is 30.9. The number of hydrogen-bond acceptors (Lipinski definition) is 5. The third kappa shape index (κ3) is 7.25. The number of likely N-dealkylation sites (N-methyl/N-ethyl adjacent to an activating group) is 1. The molecule has 3 aromatic carbocycles. The lowest BCUT2D eigenvalue weighted by atomic mass is 9.96. The Balaban J connectivity index is 1.34. The maximum Gasteiger partial charge on any atom is 0.246 e. The smallest absolute Gasteiger partial charge is 0.246 e. The highest BCUT2D eigenvalue weighted by Crippen LogP contribution is 2.41. The van der Waals surface area contributed by atoms with Crippen molar-refractivity contribution in [3.8, 4) is 28.4 Å². The molecule has 0 spiro atoms. The summed E-state index contributed by atoms with van der Waals surface area (Å²) >= 11 is 0. The predicted octanol–water partition coefficient (Wildman–Crippen LogP) is 6.17. The first-order valence-electron chi connectivity index (χ1n) is 14.9. The molecular formula is C35H44N2O5. The fourth-order valence-corrected chi connectivity index (χ4v) is 5.75. The Morgan fingerprint density at radius 3 is 1.93 bits per heavy atom. The van der Waals surface area contributed by atoms with E-state index in [1.54, 1.807) is 38.2 Å². The monoisotopic (exact) mass is 572 g/mol. The van der Waals surface area contributed by atoms with Crippen molar-refractivity contribution in [2.24, 2.45) is 0 Å². The van der Waals surface area contributed by atoms with E-state index in [0.29, 0.717) is 30.2 Å². The number of carbonyl (C=O) groups excluding carboxylic acids is 2. The molecule has 0 aromatic heterocycles. The summed E-state index contributed by atoms with van der Waals surface area (Å²) in [5.41, 5.74) is 4.29. The molecule has 0 aliphatic carbocycles. The molecule has 1 saturated heterocycles. The Bertz CT molecular complexity index is 1300. The number of hydrogen-bond donors (Lipinski definition) is 0. The molecule has 3 aromatic rings. The van der Waals surface area contributed by atoms with Gasteiger partial charge in [0.2, 0.25) is 17.6 Å². The summed E-state index contributed by atoms with van der Waals surface area (Å²) in [5, 5.41) is 0. The number of nitrogens with zero attached hydrogens (tertiary/aromatic N) is 2. The predicted molar refractivity (Wildman–Crippen MR) is 166 cm³/mol. The average Bonchev–Trinajstić information content (AvgIpc) is 3.03. The highest BCUT2D eigenvalue weighted by atomic mass is 16.5. The van der Waals surface area contributed by atoms with Crippen molar-refractivity contribution in [2.45, 2.75) is 64.0 Å². The van der Waals surface area contributed by atoms with E-state index in [9.17, 15) is 9.59 Å². The van der Waals surface area contributed by atoms with E-state index in [2.05, 4.69) is 30.3 Å². The highest BCUT2D eigenvalue weighted by molar-refractivity contribution is 5.96. The first-order chi connectivity index (χ1) is 20.4. The van der Waals surface area contributed by atoms with Gasteiger partial charge in [-0.2, -0.15) is 0 Å². The molecule has 7 heteroatoms. The van der Waals surface area contributed by atoms with Crippen molar-refractivity contribution in [2.75, 3.05) is 34.9 Å². The van der Waals surface area contributed by atoms with Gasteiger partial charge in [-0.25, -0.2) is 0 Å². The van der Waals surface area contributed by atoms with Crippen LogP contribution >= 0.6 is 0 Å². The number of rotatable bonds is 14. The number of aryl methyl sites for hydroxylation is 1. The molecule has 2 amide bonds. The van der Waals surface area contributed by atoms with Crippen LogP contribution in [0.1, 0.15) is 50.2 Å². The van der Waals surface area contributed by atoms with Crippen LogP contribution in [0.3, 0.4) is 0 Å². The van der Waals surface area contributed by atoms with E-state index in [0.717, 1.165) is 42.4 Å². The van der Waals surface area contributed by atoms with Crippen molar-refractivity contribution in [3.63, 3.8) is 0 Å². The summed E-state index contributed by atoms with van der Waals surface area (Å²) in [6.45, 7) is 2.47. The van der Waals surface area contributed by atoms with E-state index < -0.39 is 12.1 Å². The molecule has 224 valence electrons. The van der Waals surface area contributed by atoms with Crippen molar-refractivity contribution in [3.05, 3.63) is 77.9 Å². The lowest BCUT2D eigenvalue weighted by molar-refractivity contribution is -0.159. The number of methoxy groups -OCH3 is 3. The maximum atomic E-state index is 13.6. The number of carbonyl (C=O) groups is 2. The van der Waals surface area contributed by atoms with E-state index in [4.69, 9.17) is 14.2 Å². The molecule has 1 aliphatic heterocycles. The van der Waals surface area contributed by atoms with Gasteiger partial charge in [0.15, 0.2) is 11.5 Å². The Morgan fingerprint density at radius 1 is 0.690 bits per heavy atom. The van der Waals surface area contributed by atoms with Gasteiger partial charge in [-0.3, -0.25) is 9.59 Å². The van der Waals surface area contributed by atoms with Crippen LogP contribution < -0.4 is 14.2 Å². The van der Waals surface area contributed by atoms with E-state index in [-0.39, 0.29) is 11.8 Å². The minimum absolute atomic E-state index is 0.00324. The number of piperazine rings is 1. The molecule has 0 unspecified atom stereocenters. The Hall–Kier alpha value is -4.00. The molecule has 0 radical (unpaired) electrons. The summed E-state index contributed by atoms with van der Waals surface area (Å²) < 4.78 is 16.4. The van der Waals surface area contributed by atoms with Crippen LogP contribution in [0.4, 0.5) is 0 Å². The van der Waals surface area contributed by atoms with Crippen LogP contribution in [0.15, 0.2) is 66.7 Å². The zero-order valence-electron chi connectivity index (χ0n) is 25.6. The second-order valence-corrected chi connectivity index (χ2v) is 11.0. The third-order valence-corrected chi connectivity index (χ3v) is 8.30.